The minimum absolute atomic E-state index is 0.200. The number of benzene rings is 1. The van der Waals surface area contributed by atoms with Crippen molar-refractivity contribution in [2.75, 3.05) is 7.05 Å². The van der Waals surface area contributed by atoms with Crippen LogP contribution in [0.5, 0.6) is 0 Å². The third-order valence-corrected chi connectivity index (χ3v) is 4.94. The van der Waals surface area contributed by atoms with E-state index < -0.39 is 11.5 Å². The first-order chi connectivity index (χ1) is 9.16. The van der Waals surface area contributed by atoms with Gasteiger partial charge in [0, 0.05) is 24.3 Å². The van der Waals surface area contributed by atoms with Gasteiger partial charge in [-0.25, -0.2) is 4.58 Å². The highest BCUT2D eigenvalue weighted by Gasteiger charge is 2.56. The molecule has 0 saturated heterocycles. The van der Waals surface area contributed by atoms with Crippen LogP contribution in [-0.2, 0) is 4.79 Å². The van der Waals surface area contributed by atoms with Gasteiger partial charge in [-0.1, -0.05) is 24.6 Å². The number of fused-ring (bicyclic) bond motifs is 1. The van der Waals surface area contributed by atoms with Crippen molar-refractivity contribution in [1.82, 2.24) is 0 Å². The van der Waals surface area contributed by atoms with Crippen molar-refractivity contribution < 1.29 is 14.5 Å². The van der Waals surface area contributed by atoms with E-state index >= 15 is 0 Å². The van der Waals surface area contributed by atoms with E-state index in [9.17, 15) is 9.90 Å². The number of hydrogen-bond acceptors (Lipinski definition) is 2. The zero-order valence-electron chi connectivity index (χ0n) is 11.3. The normalized spacial score (nSPS) is 30.3. The van der Waals surface area contributed by atoms with Gasteiger partial charge < -0.3 is 9.90 Å². The molecule has 0 radical (unpaired) electrons. The highest BCUT2D eigenvalue weighted by molar-refractivity contribution is 5.99. The fourth-order valence-corrected chi connectivity index (χ4v) is 3.90. The standard InChI is InChI=1S/C16H19NO2/c1-17-14(12-7-3-2-4-8-12)11-13-9-5-6-10-16(13,17)15(18)19/h2-4,7-8,13H,5-6,9-11H2,1H3/t13-,16-/m1/s1. The second-order valence-corrected chi connectivity index (χ2v) is 5.73. The van der Waals surface area contributed by atoms with Crippen LogP contribution in [-0.4, -0.2) is 28.8 Å². The van der Waals surface area contributed by atoms with Crippen LogP contribution in [0.25, 0.3) is 0 Å². The summed E-state index contributed by atoms with van der Waals surface area (Å²) in [5.41, 5.74) is 1.51. The average Bonchev–Trinajstić information content (AvgIpc) is 2.75. The maximum absolute atomic E-state index is 11.8. The molecule has 0 amide bonds. The third kappa shape index (κ3) is 1.71. The Morgan fingerprint density at radius 2 is 2.05 bits per heavy atom. The second-order valence-electron chi connectivity index (χ2n) is 5.73. The molecule has 2 aliphatic rings. The molecular formula is C16H19NO2. The summed E-state index contributed by atoms with van der Waals surface area (Å²) in [6.45, 7) is 0. The van der Waals surface area contributed by atoms with E-state index in [-0.39, 0.29) is 5.92 Å². The highest BCUT2D eigenvalue weighted by atomic mass is 16.4. The van der Waals surface area contributed by atoms with E-state index in [1.165, 1.54) is 0 Å². The minimum atomic E-state index is -0.898. The number of nitrogens with zero attached hydrogens (tertiary/aromatic N) is 1. The summed E-state index contributed by atoms with van der Waals surface area (Å²) >= 11 is 0. The maximum atomic E-state index is 11.8. The molecule has 1 aromatic rings. The van der Waals surface area contributed by atoms with Crippen LogP contribution in [0.2, 0.25) is 0 Å². The molecule has 1 aliphatic carbocycles. The van der Waals surface area contributed by atoms with E-state index in [0.29, 0.717) is 6.42 Å². The van der Waals surface area contributed by atoms with Crippen LogP contribution < -0.4 is 5.11 Å². The average molecular weight is 257 g/mol. The number of carboxylic acid groups (broad SMARTS) is 1. The maximum Gasteiger partial charge on any atom is 0.205 e. The first-order valence-corrected chi connectivity index (χ1v) is 7.03. The molecule has 19 heavy (non-hydrogen) atoms. The molecule has 3 heteroatoms. The molecule has 0 aromatic heterocycles. The molecule has 0 bridgehead atoms. The zero-order valence-corrected chi connectivity index (χ0v) is 11.3. The van der Waals surface area contributed by atoms with Gasteiger partial charge in [0.15, 0.2) is 5.71 Å². The lowest BCUT2D eigenvalue weighted by Gasteiger charge is -2.36. The Kier molecular flexibility index (Phi) is 2.92. The van der Waals surface area contributed by atoms with Crippen LogP contribution in [0.15, 0.2) is 30.3 Å². The van der Waals surface area contributed by atoms with Gasteiger partial charge in [0.05, 0.1) is 0 Å². The second kappa shape index (κ2) is 4.48. The summed E-state index contributed by atoms with van der Waals surface area (Å²) in [5.74, 6) is -0.697. The van der Waals surface area contributed by atoms with Crippen molar-refractivity contribution in [2.45, 2.75) is 37.6 Å². The van der Waals surface area contributed by atoms with Gasteiger partial charge in [-0.3, -0.25) is 0 Å². The molecule has 0 unspecified atom stereocenters. The Labute approximate surface area is 113 Å². The molecule has 1 heterocycles. The third-order valence-electron chi connectivity index (χ3n) is 4.94. The molecule has 3 rings (SSSR count). The van der Waals surface area contributed by atoms with Crippen molar-refractivity contribution in [1.29, 1.82) is 0 Å². The van der Waals surface area contributed by atoms with Crippen molar-refractivity contribution >= 4 is 11.7 Å². The molecule has 1 saturated carbocycles. The topological polar surface area (TPSA) is 43.1 Å². The Morgan fingerprint density at radius 3 is 2.68 bits per heavy atom. The van der Waals surface area contributed by atoms with Crippen LogP contribution >= 0.6 is 0 Å². The number of carbonyl (C=O) groups excluding carboxylic acids is 1. The summed E-state index contributed by atoms with van der Waals surface area (Å²) in [6, 6.07) is 10.1. The fraction of sp³-hybridized carbons (Fsp3) is 0.500. The lowest BCUT2D eigenvalue weighted by Crippen LogP contribution is -2.58. The Balaban J connectivity index is 2.09. The van der Waals surface area contributed by atoms with E-state index in [1.807, 2.05) is 29.8 Å². The SMILES string of the molecule is C[N+]1=C(c2ccccc2)C[C@H]2CCCC[C@]21C(=O)[O-]. The van der Waals surface area contributed by atoms with Crippen molar-refractivity contribution in [3.05, 3.63) is 35.9 Å². The number of aliphatic carboxylic acids is 1. The number of carbonyl (C=O) groups is 1. The van der Waals surface area contributed by atoms with Crippen LogP contribution in [0.1, 0.15) is 37.7 Å². The fourth-order valence-electron chi connectivity index (χ4n) is 3.90. The van der Waals surface area contributed by atoms with Gasteiger partial charge in [-0.05, 0) is 25.0 Å². The smallest absolute Gasteiger partial charge is 0.205 e. The summed E-state index contributed by atoms with van der Waals surface area (Å²) in [4.78, 5) is 11.8. The van der Waals surface area contributed by atoms with E-state index in [2.05, 4.69) is 12.1 Å². The van der Waals surface area contributed by atoms with Crippen molar-refractivity contribution in [3.8, 4) is 0 Å². The van der Waals surface area contributed by atoms with Crippen molar-refractivity contribution in [3.63, 3.8) is 0 Å². The Morgan fingerprint density at radius 1 is 1.32 bits per heavy atom. The summed E-state index contributed by atoms with van der Waals surface area (Å²) in [6.07, 6.45) is 4.68. The first-order valence-electron chi connectivity index (χ1n) is 7.03. The Hall–Kier alpha value is -1.64. The summed E-state index contributed by atoms with van der Waals surface area (Å²) in [5, 5.41) is 11.8. The molecule has 2 atom stereocenters. The lowest BCUT2D eigenvalue weighted by atomic mass is 9.72. The quantitative estimate of drug-likeness (QED) is 0.747. The lowest BCUT2D eigenvalue weighted by molar-refractivity contribution is -0.583. The molecule has 100 valence electrons. The minimum Gasteiger partial charge on any atom is -0.543 e. The first kappa shape index (κ1) is 12.4. The number of carboxylic acids is 1. The summed E-state index contributed by atoms with van der Waals surface area (Å²) < 4.78 is 1.99. The van der Waals surface area contributed by atoms with Crippen LogP contribution in [0.3, 0.4) is 0 Å². The van der Waals surface area contributed by atoms with Crippen LogP contribution in [0, 0.1) is 5.92 Å². The van der Waals surface area contributed by atoms with Gasteiger partial charge in [-0.15, -0.1) is 0 Å². The molecular weight excluding hydrogens is 238 g/mol. The van der Waals surface area contributed by atoms with E-state index in [1.54, 1.807) is 0 Å². The van der Waals surface area contributed by atoms with E-state index in [0.717, 1.165) is 37.0 Å². The zero-order chi connectivity index (χ0) is 13.5. The van der Waals surface area contributed by atoms with Crippen molar-refractivity contribution in [2.24, 2.45) is 5.92 Å². The summed E-state index contributed by atoms with van der Waals surface area (Å²) in [7, 11) is 1.92. The van der Waals surface area contributed by atoms with Crippen LogP contribution in [0.4, 0.5) is 0 Å². The van der Waals surface area contributed by atoms with Gasteiger partial charge in [-0.2, -0.15) is 0 Å². The largest absolute Gasteiger partial charge is 0.543 e. The monoisotopic (exact) mass is 257 g/mol. The Bertz CT molecular complexity index is 535. The van der Waals surface area contributed by atoms with Gasteiger partial charge in [0.1, 0.15) is 13.0 Å². The number of rotatable bonds is 2. The molecule has 0 N–H and O–H groups in total. The molecule has 1 aliphatic heterocycles. The molecule has 1 fully saturated rings. The molecule has 0 spiro atoms. The predicted octanol–water partition coefficient (Wildman–Crippen LogP) is 1.20. The van der Waals surface area contributed by atoms with E-state index in [4.69, 9.17) is 0 Å². The van der Waals surface area contributed by atoms with Gasteiger partial charge in [0.25, 0.3) is 0 Å². The molecule has 3 nitrogen and oxygen atoms in total. The predicted molar refractivity (Wildman–Crippen MR) is 71.0 cm³/mol. The number of likely N-dealkylation sites (N-methyl/N-ethyl adjacent to an activating group) is 1. The number of hydrogen-bond donors (Lipinski definition) is 0. The highest BCUT2D eigenvalue weighted by Crippen LogP contribution is 2.43. The molecule has 1 aromatic carbocycles. The van der Waals surface area contributed by atoms with Gasteiger partial charge in [0.2, 0.25) is 5.54 Å². The van der Waals surface area contributed by atoms with Gasteiger partial charge >= 0.3 is 0 Å².